The van der Waals surface area contributed by atoms with E-state index in [1.54, 1.807) is 13.1 Å². The summed E-state index contributed by atoms with van der Waals surface area (Å²) in [5.41, 5.74) is -0.446. The normalized spacial score (nSPS) is 13.6. The van der Waals surface area contributed by atoms with Crippen LogP contribution in [0.1, 0.15) is 20.8 Å². The first-order valence-electron chi connectivity index (χ1n) is 5.67. The molecule has 4 heteroatoms. The number of aliphatic hydroxyl groups excluding tert-OH is 1. The standard InChI is InChI=1S/C13H17N3O/c1-9(17)13(2,3)15-12-11-7-5-4-6-10(11)8-14-16-12/h4-9,17H,1-3H3,(H,15,16). The van der Waals surface area contributed by atoms with E-state index in [4.69, 9.17) is 0 Å². The minimum Gasteiger partial charge on any atom is -0.391 e. The molecule has 0 aliphatic heterocycles. The lowest BCUT2D eigenvalue weighted by Crippen LogP contribution is -2.42. The molecule has 0 radical (unpaired) electrons. The van der Waals surface area contributed by atoms with E-state index < -0.39 is 11.6 Å². The van der Waals surface area contributed by atoms with E-state index >= 15 is 0 Å². The van der Waals surface area contributed by atoms with Crippen molar-refractivity contribution in [2.24, 2.45) is 0 Å². The molecule has 0 amide bonds. The first-order valence-corrected chi connectivity index (χ1v) is 5.67. The van der Waals surface area contributed by atoms with E-state index in [0.717, 1.165) is 10.8 Å². The smallest absolute Gasteiger partial charge is 0.157 e. The third-order valence-corrected chi connectivity index (χ3v) is 3.06. The van der Waals surface area contributed by atoms with Gasteiger partial charge in [-0.05, 0) is 20.8 Å². The summed E-state index contributed by atoms with van der Waals surface area (Å²) in [5.74, 6) is 0.703. The molecule has 2 rings (SSSR count). The van der Waals surface area contributed by atoms with Crippen molar-refractivity contribution in [3.8, 4) is 0 Å². The molecule has 4 nitrogen and oxygen atoms in total. The average Bonchev–Trinajstić information content (AvgIpc) is 2.29. The van der Waals surface area contributed by atoms with Gasteiger partial charge in [-0.1, -0.05) is 24.3 Å². The minimum absolute atomic E-state index is 0.446. The molecule has 0 saturated carbocycles. The molecule has 0 aliphatic carbocycles. The number of hydrogen-bond donors (Lipinski definition) is 2. The number of nitrogens with zero attached hydrogens (tertiary/aromatic N) is 2. The molecule has 17 heavy (non-hydrogen) atoms. The number of benzene rings is 1. The fourth-order valence-electron chi connectivity index (χ4n) is 1.53. The zero-order valence-corrected chi connectivity index (χ0v) is 10.3. The number of aromatic nitrogens is 2. The van der Waals surface area contributed by atoms with Crippen molar-refractivity contribution in [2.45, 2.75) is 32.4 Å². The molecule has 2 aromatic rings. The molecule has 0 saturated heterocycles. The number of fused-ring (bicyclic) bond motifs is 1. The van der Waals surface area contributed by atoms with Crippen LogP contribution in [-0.2, 0) is 0 Å². The third kappa shape index (κ3) is 2.36. The summed E-state index contributed by atoms with van der Waals surface area (Å²) >= 11 is 0. The van der Waals surface area contributed by atoms with Gasteiger partial charge in [-0.15, -0.1) is 5.10 Å². The number of hydrogen-bond acceptors (Lipinski definition) is 4. The maximum atomic E-state index is 9.70. The van der Waals surface area contributed by atoms with E-state index in [-0.39, 0.29) is 0 Å². The van der Waals surface area contributed by atoms with Gasteiger partial charge in [0.1, 0.15) is 0 Å². The van der Waals surface area contributed by atoms with Crippen LogP contribution in [0.3, 0.4) is 0 Å². The summed E-state index contributed by atoms with van der Waals surface area (Å²) in [6.45, 7) is 5.62. The Balaban J connectivity index is 2.43. The summed E-state index contributed by atoms with van der Waals surface area (Å²) in [4.78, 5) is 0. The maximum absolute atomic E-state index is 9.70. The Hall–Kier alpha value is -1.68. The molecule has 90 valence electrons. The largest absolute Gasteiger partial charge is 0.391 e. The molecular formula is C13H17N3O. The molecule has 1 unspecified atom stereocenters. The van der Waals surface area contributed by atoms with Gasteiger partial charge in [-0.2, -0.15) is 5.10 Å². The lowest BCUT2D eigenvalue weighted by Gasteiger charge is -2.30. The van der Waals surface area contributed by atoms with Crippen LogP contribution in [0.5, 0.6) is 0 Å². The fraction of sp³-hybridized carbons (Fsp3) is 0.385. The van der Waals surface area contributed by atoms with Crippen LogP contribution in [0.4, 0.5) is 5.82 Å². The Labute approximate surface area is 101 Å². The molecule has 1 aromatic carbocycles. The van der Waals surface area contributed by atoms with Crippen molar-refractivity contribution in [1.29, 1.82) is 0 Å². The maximum Gasteiger partial charge on any atom is 0.157 e. The molecule has 0 fully saturated rings. The second kappa shape index (κ2) is 4.30. The van der Waals surface area contributed by atoms with Crippen LogP contribution in [0.15, 0.2) is 30.5 Å². The average molecular weight is 231 g/mol. The number of anilines is 1. The quantitative estimate of drug-likeness (QED) is 0.850. The highest BCUT2D eigenvalue weighted by Crippen LogP contribution is 2.23. The fourth-order valence-corrected chi connectivity index (χ4v) is 1.53. The van der Waals surface area contributed by atoms with Crippen molar-refractivity contribution < 1.29 is 5.11 Å². The van der Waals surface area contributed by atoms with Crippen LogP contribution in [0.2, 0.25) is 0 Å². The highest BCUT2D eigenvalue weighted by molar-refractivity contribution is 5.91. The minimum atomic E-state index is -0.483. The molecule has 1 aromatic heterocycles. The Kier molecular flexibility index (Phi) is 2.98. The molecule has 1 atom stereocenters. The topological polar surface area (TPSA) is 58.0 Å². The Morgan fingerprint density at radius 3 is 2.71 bits per heavy atom. The van der Waals surface area contributed by atoms with Crippen LogP contribution < -0.4 is 5.32 Å². The third-order valence-electron chi connectivity index (χ3n) is 3.06. The predicted octanol–water partition coefficient (Wildman–Crippen LogP) is 2.20. The van der Waals surface area contributed by atoms with Gasteiger partial charge in [0.15, 0.2) is 5.82 Å². The molecular weight excluding hydrogens is 214 g/mol. The molecule has 1 heterocycles. The van der Waals surface area contributed by atoms with E-state index in [1.807, 2.05) is 38.1 Å². The predicted molar refractivity (Wildman–Crippen MR) is 68.9 cm³/mol. The Bertz CT molecular complexity index is 518. The summed E-state index contributed by atoms with van der Waals surface area (Å²) < 4.78 is 0. The number of rotatable bonds is 3. The zero-order valence-electron chi connectivity index (χ0n) is 10.3. The second-order valence-corrected chi connectivity index (χ2v) is 4.80. The monoisotopic (exact) mass is 231 g/mol. The highest BCUT2D eigenvalue weighted by Gasteiger charge is 2.24. The SMILES string of the molecule is CC(O)C(C)(C)Nc1nncc2ccccc12. The molecule has 2 N–H and O–H groups in total. The van der Waals surface area contributed by atoms with Crippen molar-refractivity contribution in [2.75, 3.05) is 5.32 Å². The lowest BCUT2D eigenvalue weighted by molar-refractivity contribution is 0.133. The molecule has 0 bridgehead atoms. The van der Waals surface area contributed by atoms with Crippen molar-refractivity contribution in [3.63, 3.8) is 0 Å². The van der Waals surface area contributed by atoms with Crippen LogP contribution >= 0.6 is 0 Å². The van der Waals surface area contributed by atoms with Crippen molar-refractivity contribution >= 4 is 16.6 Å². The van der Waals surface area contributed by atoms with Crippen LogP contribution in [0, 0.1) is 0 Å². The van der Waals surface area contributed by atoms with Crippen molar-refractivity contribution in [3.05, 3.63) is 30.5 Å². The van der Waals surface area contributed by atoms with E-state index in [0.29, 0.717) is 5.82 Å². The van der Waals surface area contributed by atoms with Gasteiger partial charge in [-0.25, -0.2) is 0 Å². The van der Waals surface area contributed by atoms with Gasteiger partial charge in [0.05, 0.1) is 17.8 Å². The second-order valence-electron chi connectivity index (χ2n) is 4.80. The summed E-state index contributed by atoms with van der Waals surface area (Å²) in [7, 11) is 0. The van der Waals surface area contributed by atoms with Gasteiger partial charge in [0.25, 0.3) is 0 Å². The van der Waals surface area contributed by atoms with E-state index in [1.165, 1.54) is 0 Å². The zero-order chi connectivity index (χ0) is 12.5. The van der Waals surface area contributed by atoms with Gasteiger partial charge in [0.2, 0.25) is 0 Å². The summed E-state index contributed by atoms with van der Waals surface area (Å²) in [6, 6.07) is 7.91. The van der Waals surface area contributed by atoms with Crippen LogP contribution in [0.25, 0.3) is 10.8 Å². The summed E-state index contributed by atoms with van der Waals surface area (Å²) in [6.07, 6.45) is 1.25. The van der Waals surface area contributed by atoms with Gasteiger partial charge in [-0.3, -0.25) is 0 Å². The molecule has 0 aliphatic rings. The Morgan fingerprint density at radius 2 is 2.00 bits per heavy atom. The van der Waals surface area contributed by atoms with E-state index in [2.05, 4.69) is 15.5 Å². The lowest BCUT2D eigenvalue weighted by atomic mass is 9.98. The highest BCUT2D eigenvalue weighted by atomic mass is 16.3. The number of nitrogens with one attached hydrogen (secondary N) is 1. The van der Waals surface area contributed by atoms with Gasteiger partial charge < -0.3 is 10.4 Å². The van der Waals surface area contributed by atoms with Gasteiger partial charge in [0, 0.05) is 10.8 Å². The first kappa shape index (κ1) is 11.8. The Morgan fingerprint density at radius 1 is 1.29 bits per heavy atom. The van der Waals surface area contributed by atoms with Gasteiger partial charge >= 0.3 is 0 Å². The van der Waals surface area contributed by atoms with Crippen LogP contribution in [-0.4, -0.2) is 26.9 Å². The number of aliphatic hydroxyl groups is 1. The van der Waals surface area contributed by atoms with Crippen molar-refractivity contribution in [1.82, 2.24) is 10.2 Å². The molecule has 0 spiro atoms. The van der Waals surface area contributed by atoms with E-state index in [9.17, 15) is 5.11 Å². The first-order chi connectivity index (χ1) is 8.00. The summed E-state index contributed by atoms with van der Waals surface area (Å²) in [5, 5.41) is 23.0.